The summed E-state index contributed by atoms with van der Waals surface area (Å²) in [6.45, 7) is 4.31. The molecule has 0 spiro atoms. The van der Waals surface area contributed by atoms with Gasteiger partial charge in [-0.2, -0.15) is 4.31 Å². The fraction of sp³-hybridized carbons (Fsp3) is 0.500. The van der Waals surface area contributed by atoms with E-state index in [4.69, 9.17) is 11.6 Å². The van der Waals surface area contributed by atoms with Gasteiger partial charge in [-0.3, -0.25) is 9.59 Å². The van der Waals surface area contributed by atoms with Crippen LogP contribution in [-0.2, 0) is 21.2 Å². The summed E-state index contributed by atoms with van der Waals surface area (Å²) in [4.78, 5) is 30.3. The standard InChI is InChI=1S/C18H20ClN3O4S3/c1-18(2)8-10-15(12(23)9-18)28-17(20-10)21-16(24)11-4-3-7-22(11)29(25,26)14-6-5-13(19)27-14/h5-6,11H,3-4,7-9H2,1-2H3,(H,20,21,24). The van der Waals surface area contributed by atoms with Crippen LogP contribution in [0.3, 0.4) is 0 Å². The van der Waals surface area contributed by atoms with Crippen LogP contribution in [0.15, 0.2) is 16.3 Å². The number of hydrogen-bond acceptors (Lipinski definition) is 7. The monoisotopic (exact) mass is 473 g/mol. The topological polar surface area (TPSA) is 96.4 Å². The Bertz CT molecular complexity index is 1090. The molecule has 0 bridgehead atoms. The van der Waals surface area contributed by atoms with Gasteiger partial charge in [0.25, 0.3) is 10.0 Å². The molecule has 1 fully saturated rings. The van der Waals surface area contributed by atoms with Crippen molar-refractivity contribution in [3.63, 3.8) is 0 Å². The summed E-state index contributed by atoms with van der Waals surface area (Å²) in [7, 11) is -3.80. The van der Waals surface area contributed by atoms with E-state index in [1.54, 1.807) is 0 Å². The van der Waals surface area contributed by atoms with Gasteiger partial charge in [-0.25, -0.2) is 13.4 Å². The lowest BCUT2D eigenvalue weighted by atomic mass is 9.78. The average Bonchev–Trinajstić information content (AvgIpc) is 3.32. The number of thiazole rings is 1. The zero-order valence-corrected chi connectivity index (χ0v) is 19.1. The van der Waals surface area contributed by atoms with Crippen LogP contribution in [0.1, 0.15) is 48.5 Å². The Balaban J connectivity index is 1.54. The largest absolute Gasteiger partial charge is 0.301 e. The minimum absolute atomic E-state index is 0.0360. The highest BCUT2D eigenvalue weighted by Gasteiger charge is 2.41. The molecule has 2 aliphatic rings. The van der Waals surface area contributed by atoms with Crippen molar-refractivity contribution in [2.24, 2.45) is 5.41 Å². The number of anilines is 1. The van der Waals surface area contributed by atoms with Gasteiger partial charge < -0.3 is 5.32 Å². The molecular weight excluding hydrogens is 454 g/mol. The fourth-order valence-corrected chi connectivity index (χ4v) is 8.00. The fourth-order valence-electron chi connectivity index (χ4n) is 3.80. The highest BCUT2D eigenvalue weighted by atomic mass is 35.5. The van der Waals surface area contributed by atoms with Gasteiger partial charge >= 0.3 is 0 Å². The van der Waals surface area contributed by atoms with Gasteiger partial charge in [0, 0.05) is 13.0 Å². The summed E-state index contributed by atoms with van der Waals surface area (Å²) in [6, 6.07) is 2.18. The first kappa shape index (κ1) is 20.9. The molecular formula is C18H20ClN3O4S3. The van der Waals surface area contributed by atoms with Gasteiger partial charge in [-0.1, -0.05) is 36.8 Å². The lowest BCUT2D eigenvalue weighted by Crippen LogP contribution is -2.42. The minimum Gasteiger partial charge on any atom is -0.301 e. The third-order valence-electron chi connectivity index (χ3n) is 5.08. The van der Waals surface area contributed by atoms with Crippen LogP contribution in [0.5, 0.6) is 0 Å². The van der Waals surface area contributed by atoms with Gasteiger partial charge in [-0.05, 0) is 36.8 Å². The molecule has 1 N–H and O–H groups in total. The molecule has 29 heavy (non-hydrogen) atoms. The molecule has 1 aliphatic carbocycles. The second-order valence-corrected chi connectivity index (χ2v) is 12.9. The summed E-state index contributed by atoms with van der Waals surface area (Å²) in [5.41, 5.74) is 0.549. The van der Waals surface area contributed by atoms with Gasteiger partial charge in [-0.15, -0.1) is 11.3 Å². The number of carbonyl (C=O) groups is 2. The van der Waals surface area contributed by atoms with Crippen LogP contribution in [-0.4, -0.2) is 42.0 Å². The molecule has 7 nitrogen and oxygen atoms in total. The molecule has 0 radical (unpaired) electrons. The number of halogens is 1. The first-order valence-electron chi connectivity index (χ1n) is 9.18. The quantitative estimate of drug-likeness (QED) is 0.728. The van der Waals surface area contributed by atoms with Crippen LogP contribution in [0, 0.1) is 5.41 Å². The Kier molecular flexibility index (Phi) is 5.35. The van der Waals surface area contributed by atoms with Gasteiger partial charge in [0.2, 0.25) is 5.91 Å². The van der Waals surface area contributed by atoms with E-state index in [0.717, 1.165) is 22.7 Å². The maximum absolute atomic E-state index is 12.9. The van der Waals surface area contributed by atoms with E-state index in [1.807, 2.05) is 13.8 Å². The molecule has 1 unspecified atom stereocenters. The van der Waals surface area contributed by atoms with E-state index < -0.39 is 22.0 Å². The van der Waals surface area contributed by atoms with Crippen LogP contribution in [0.25, 0.3) is 0 Å². The molecule has 4 rings (SSSR count). The van der Waals surface area contributed by atoms with Crippen molar-refractivity contribution >= 4 is 61.1 Å². The smallest absolute Gasteiger partial charge is 0.253 e. The predicted octanol–water partition coefficient (Wildman–Crippen LogP) is 3.80. The van der Waals surface area contributed by atoms with Crippen molar-refractivity contribution in [1.82, 2.24) is 9.29 Å². The molecule has 1 amide bonds. The Labute approximate surface area is 182 Å². The number of sulfonamides is 1. The molecule has 1 saturated heterocycles. The number of nitrogens with zero attached hydrogens (tertiary/aromatic N) is 2. The van der Waals surface area contributed by atoms with Crippen LogP contribution in [0.2, 0.25) is 4.34 Å². The van der Waals surface area contributed by atoms with Crippen molar-refractivity contribution in [3.8, 4) is 0 Å². The zero-order chi connectivity index (χ0) is 21.0. The molecule has 0 aromatic carbocycles. The van der Waals surface area contributed by atoms with Crippen molar-refractivity contribution < 1.29 is 18.0 Å². The Morgan fingerprint density at radius 2 is 2.07 bits per heavy atom. The number of Topliss-reactive ketones (excluding diaryl/α,β-unsaturated/α-hetero) is 1. The predicted molar refractivity (Wildman–Crippen MR) is 113 cm³/mol. The number of thiophene rings is 1. The third kappa shape index (κ3) is 4.00. The zero-order valence-electron chi connectivity index (χ0n) is 15.9. The summed E-state index contributed by atoms with van der Waals surface area (Å²) in [6.07, 6.45) is 2.15. The molecule has 2 aromatic heterocycles. The Morgan fingerprint density at radius 3 is 2.76 bits per heavy atom. The van der Waals surface area contributed by atoms with Crippen LogP contribution >= 0.6 is 34.3 Å². The molecule has 3 heterocycles. The number of carbonyl (C=O) groups excluding carboxylic acids is 2. The van der Waals surface area contributed by atoms with Crippen LogP contribution in [0.4, 0.5) is 5.13 Å². The molecule has 1 atom stereocenters. The number of nitrogens with one attached hydrogen (secondary N) is 1. The number of ketones is 1. The van der Waals surface area contributed by atoms with E-state index in [-0.39, 0.29) is 22.0 Å². The highest BCUT2D eigenvalue weighted by Crippen LogP contribution is 2.39. The molecule has 11 heteroatoms. The van der Waals surface area contributed by atoms with Crippen molar-refractivity contribution in [2.45, 2.75) is 49.8 Å². The number of rotatable bonds is 4. The van der Waals surface area contributed by atoms with Crippen molar-refractivity contribution in [2.75, 3.05) is 11.9 Å². The maximum Gasteiger partial charge on any atom is 0.253 e. The van der Waals surface area contributed by atoms with E-state index in [1.165, 1.54) is 16.4 Å². The number of aromatic nitrogens is 1. The highest BCUT2D eigenvalue weighted by molar-refractivity contribution is 7.91. The van der Waals surface area contributed by atoms with E-state index >= 15 is 0 Å². The number of amides is 1. The molecule has 2 aromatic rings. The summed E-state index contributed by atoms with van der Waals surface area (Å²) in [5.74, 6) is -0.388. The first-order valence-corrected chi connectivity index (χ1v) is 12.6. The second-order valence-electron chi connectivity index (χ2n) is 8.06. The van der Waals surface area contributed by atoms with Gasteiger partial charge in [0.15, 0.2) is 10.9 Å². The van der Waals surface area contributed by atoms with Crippen LogP contribution < -0.4 is 5.32 Å². The molecule has 0 saturated carbocycles. The van der Waals surface area contributed by atoms with E-state index in [0.29, 0.717) is 45.7 Å². The first-order chi connectivity index (χ1) is 13.6. The van der Waals surface area contributed by atoms with Gasteiger partial charge in [0.1, 0.15) is 10.3 Å². The van der Waals surface area contributed by atoms with Crippen molar-refractivity contribution in [3.05, 3.63) is 27.0 Å². The minimum atomic E-state index is -3.80. The SMILES string of the molecule is CC1(C)CC(=O)c2sc(NC(=O)C3CCCN3S(=O)(=O)c3ccc(Cl)s3)nc2C1. The molecule has 156 valence electrons. The third-order valence-corrected chi connectivity index (χ3v) is 9.74. The lowest BCUT2D eigenvalue weighted by molar-refractivity contribution is -0.119. The number of hydrogen-bond donors (Lipinski definition) is 1. The summed E-state index contributed by atoms with van der Waals surface area (Å²) < 4.78 is 27.6. The second kappa shape index (κ2) is 7.42. The maximum atomic E-state index is 12.9. The van der Waals surface area contributed by atoms with E-state index in [2.05, 4.69) is 10.3 Å². The van der Waals surface area contributed by atoms with E-state index in [9.17, 15) is 18.0 Å². The lowest BCUT2D eigenvalue weighted by Gasteiger charge is -2.26. The number of fused-ring (bicyclic) bond motifs is 1. The summed E-state index contributed by atoms with van der Waals surface area (Å²) in [5, 5.41) is 3.08. The summed E-state index contributed by atoms with van der Waals surface area (Å²) >= 11 is 8.02. The molecule has 1 aliphatic heterocycles. The Morgan fingerprint density at radius 1 is 1.31 bits per heavy atom. The van der Waals surface area contributed by atoms with Gasteiger partial charge in [0.05, 0.1) is 14.9 Å². The average molecular weight is 474 g/mol. The normalized spacial score (nSPS) is 21.9. The van der Waals surface area contributed by atoms with Crippen molar-refractivity contribution in [1.29, 1.82) is 0 Å². The Hall–Kier alpha value is -1.33.